The van der Waals surface area contributed by atoms with Crippen LogP contribution in [0.4, 0.5) is 0 Å². The lowest BCUT2D eigenvalue weighted by Gasteiger charge is -2.04. The number of carbonyl (C=O) groups excluding carboxylic acids is 1. The fourth-order valence-electron chi connectivity index (χ4n) is 1.88. The van der Waals surface area contributed by atoms with E-state index in [4.69, 9.17) is 0 Å². The molecule has 1 amide bonds. The van der Waals surface area contributed by atoms with Gasteiger partial charge in [0.25, 0.3) is 5.91 Å². The van der Waals surface area contributed by atoms with Crippen LogP contribution in [0.5, 0.6) is 0 Å². The van der Waals surface area contributed by atoms with Crippen molar-refractivity contribution in [2.45, 2.75) is 13.5 Å². The predicted molar refractivity (Wildman–Crippen MR) is 79.8 cm³/mol. The summed E-state index contributed by atoms with van der Waals surface area (Å²) < 4.78 is 0. The summed E-state index contributed by atoms with van der Waals surface area (Å²) in [6.07, 6.45) is 0. The monoisotopic (exact) mass is 299 g/mol. The van der Waals surface area contributed by atoms with Gasteiger partial charge in [0.15, 0.2) is 0 Å². The molecular weight excluding hydrogens is 286 g/mol. The van der Waals surface area contributed by atoms with Gasteiger partial charge in [-0.05, 0) is 29.8 Å². The lowest BCUT2D eigenvalue weighted by atomic mass is 10.1. The number of tetrazole rings is 1. The Bertz CT molecular complexity index is 733. The van der Waals surface area contributed by atoms with Crippen LogP contribution >= 0.6 is 11.3 Å². The highest BCUT2D eigenvalue weighted by Crippen LogP contribution is 2.16. The third kappa shape index (κ3) is 3.14. The molecule has 0 saturated carbocycles. The average molecular weight is 299 g/mol. The van der Waals surface area contributed by atoms with Crippen molar-refractivity contribution < 1.29 is 4.79 Å². The summed E-state index contributed by atoms with van der Waals surface area (Å²) in [5.41, 5.74) is 1.90. The van der Waals surface area contributed by atoms with Gasteiger partial charge in [0, 0.05) is 17.0 Å². The standard InChI is InChI=1S/C14H13N5OS/c1-9-2-7-12(21-9)14(20)15-8-10-3-5-11(6-4-10)13-16-18-19-17-13/h2-7H,8H2,1H3,(H,15,20)(H,16,17,18,19). The Labute approximate surface area is 125 Å². The van der Waals surface area contributed by atoms with Crippen molar-refractivity contribution in [1.82, 2.24) is 25.9 Å². The fourth-order valence-corrected chi connectivity index (χ4v) is 2.67. The van der Waals surface area contributed by atoms with E-state index in [2.05, 4.69) is 25.9 Å². The van der Waals surface area contributed by atoms with Gasteiger partial charge in [-0.15, -0.1) is 21.5 Å². The van der Waals surface area contributed by atoms with Crippen molar-refractivity contribution in [3.63, 3.8) is 0 Å². The number of aryl methyl sites for hydroxylation is 1. The minimum Gasteiger partial charge on any atom is -0.347 e. The second kappa shape index (κ2) is 5.84. The van der Waals surface area contributed by atoms with E-state index in [1.165, 1.54) is 11.3 Å². The number of hydrogen-bond acceptors (Lipinski definition) is 5. The van der Waals surface area contributed by atoms with Gasteiger partial charge in [-0.1, -0.05) is 24.3 Å². The van der Waals surface area contributed by atoms with Crippen LogP contribution in [0.3, 0.4) is 0 Å². The highest BCUT2D eigenvalue weighted by atomic mass is 32.1. The van der Waals surface area contributed by atoms with Gasteiger partial charge in [0.05, 0.1) is 4.88 Å². The number of benzene rings is 1. The van der Waals surface area contributed by atoms with Gasteiger partial charge in [0.1, 0.15) is 0 Å². The quantitative estimate of drug-likeness (QED) is 0.773. The fraction of sp³-hybridized carbons (Fsp3) is 0.143. The Balaban J connectivity index is 1.62. The molecule has 0 bridgehead atoms. The first-order valence-corrected chi connectivity index (χ1v) is 7.21. The number of nitrogens with zero attached hydrogens (tertiary/aromatic N) is 3. The zero-order valence-corrected chi connectivity index (χ0v) is 12.1. The van der Waals surface area contributed by atoms with Crippen LogP contribution in [0.2, 0.25) is 0 Å². The second-order valence-electron chi connectivity index (χ2n) is 4.53. The maximum atomic E-state index is 12.0. The lowest BCUT2D eigenvalue weighted by molar-refractivity contribution is 0.0955. The number of rotatable bonds is 4. The molecule has 0 aliphatic carbocycles. The van der Waals surface area contributed by atoms with Gasteiger partial charge >= 0.3 is 0 Å². The number of hydrogen-bond donors (Lipinski definition) is 2. The van der Waals surface area contributed by atoms with E-state index < -0.39 is 0 Å². The molecule has 106 valence electrons. The molecule has 3 rings (SSSR count). The molecule has 0 radical (unpaired) electrons. The van der Waals surface area contributed by atoms with Crippen molar-refractivity contribution in [2.75, 3.05) is 0 Å². The van der Waals surface area contributed by atoms with Gasteiger partial charge in [-0.2, -0.15) is 5.21 Å². The van der Waals surface area contributed by atoms with E-state index >= 15 is 0 Å². The third-order valence-electron chi connectivity index (χ3n) is 2.97. The number of thiophene rings is 1. The molecule has 21 heavy (non-hydrogen) atoms. The molecule has 0 atom stereocenters. The molecule has 0 saturated heterocycles. The molecule has 0 aliphatic rings. The van der Waals surface area contributed by atoms with Crippen LogP contribution in [-0.2, 0) is 6.54 Å². The van der Waals surface area contributed by atoms with E-state index in [-0.39, 0.29) is 5.91 Å². The molecule has 6 nitrogen and oxygen atoms in total. The van der Waals surface area contributed by atoms with Gasteiger partial charge < -0.3 is 5.32 Å². The molecule has 2 aromatic heterocycles. The van der Waals surface area contributed by atoms with E-state index in [1.54, 1.807) is 0 Å². The van der Waals surface area contributed by atoms with Crippen molar-refractivity contribution in [2.24, 2.45) is 0 Å². The van der Waals surface area contributed by atoms with Crippen LogP contribution < -0.4 is 5.32 Å². The summed E-state index contributed by atoms with van der Waals surface area (Å²) in [6.45, 7) is 2.47. The largest absolute Gasteiger partial charge is 0.347 e. The van der Waals surface area contributed by atoms with E-state index in [0.717, 1.165) is 20.9 Å². The first-order chi connectivity index (χ1) is 10.2. The molecule has 2 N–H and O–H groups in total. The highest BCUT2D eigenvalue weighted by Gasteiger charge is 2.08. The second-order valence-corrected chi connectivity index (χ2v) is 5.81. The van der Waals surface area contributed by atoms with Crippen LogP contribution in [-0.4, -0.2) is 26.5 Å². The van der Waals surface area contributed by atoms with Gasteiger partial charge in [-0.25, -0.2) is 0 Å². The number of aromatic nitrogens is 4. The Morgan fingerprint density at radius 2 is 2.05 bits per heavy atom. The minimum absolute atomic E-state index is 0.0460. The van der Waals surface area contributed by atoms with E-state index in [9.17, 15) is 4.79 Å². The van der Waals surface area contributed by atoms with Gasteiger partial charge in [-0.3, -0.25) is 4.79 Å². The summed E-state index contributed by atoms with van der Waals surface area (Å²) in [7, 11) is 0. The summed E-state index contributed by atoms with van der Waals surface area (Å²) in [5.74, 6) is 0.509. The zero-order chi connectivity index (χ0) is 14.7. The summed E-state index contributed by atoms with van der Waals surface area (Å²) in [6, 6.07) is 11.5. The molecule has 0 aliphatic heterocycles. The smallest absolute Gasteiger partial charge is 0.261 e. The van der Waals surface area contributed by atoms with E-state index in [0.29, 0.717) is 12.4 Å². The normalized spacial score (nSPS) is 10.5. The van der Waals surface area contributed by atoms with Crippen LogP contribution in [0.15, 0.2) is 36.4 Å². The first kappa shape index (κ1) is 13.4. The van der Waals surface area contributed by atoms with Crippen molar-refractivity contribution in [1.29, 1.82) is 0 Å². The first-order valence-electron chi connectivity index (χ1n) is 6.40. The predicted octanol–water partition coefficient (Wildman–Crippen LogP) is 2.17. The topological polar surface area (TPSA) is 83.6 Å². The van der Waals surface area contributed by atoms with Crippen LogP contribution in [0.1, 0.15) is 20.1 Å². The lowest BCUT2D eigenvalue weighted by Crippen LogP contribution is -2.21. The highest BCUT2D eigenvalue weighted by molar-refractivity contribution is 7.13. The number of nitrogens with one attached hydrogen (secondary N) is 2. The molecule has 0 unspecified atom stereocenters. The molecular formula is C14H13N5OS. The maximum absolute atomic E-state index is 12.0. The number of aromatic amines is 1. The Kier molecular flexibility index (Phi) is 3.74. The van der Waals surface area contributed by atoms with Crippen LogP contribution in [0.25, 0.3) is 11.4 Å². The van der Waals surface area contributed by atoms with E-state index in [1.807, 2.05) is 43.3 Å². The molecule has 0 fully saturated rings. The molecule has 2 heterocycles. The summed E-state index contributed by atoms with van der Waals surface area (Å²) >= 11 is 1.49. The molecule has 3 aromatic rings. The minimum atomic E-state index is -0.0460. The number of amides is 1. The average Bonchev–Trinajstić information content (AvgIpc) is 3.16. The maximum Gasteiger partial charge on any atom is 0.261 e. The Hall–Kier alpha value is -2.54. The van der Waals surface area contributed by atoms with Crippen molar-refractivity contribution >= 4 is 17.2 Å². The number of carbonyl (C=O) groups is 1. The van der Waals surface area contributed by atoms with Crippen LogP contribution in [0, 0.1) is 6.92 Å². The summed E-state index contributed by atoms with van der Waals surface area (Å²) in [5, 5.41) is 16.7. The van der Waals surface area contributed by atoms with Crippen molar-refractivity contribution in [3.8, 4) is 11.4 Å². The Morgan fingerprint density at radius 3 is 2.67 bits per heavy atom. The zero-order valence-electron chi connectivity index (χ0n) is 11.3. The number of H-pyrrole nitrogens is 1. The molecule has 7 heteroatoms. The molecule has 0 spiro atoms. The molecule has 1 aromatic carbocycles. The Morgan fingerprint density at radius 1 is 1.24 bits per heavy atom. The van der Waals surface area contributed by atoms with Gasteiger partial charge in [0.2, 0.25) is 5.82 Å². The SMILES string of the molecule is Cc1ccc(C(=O)NCc2ccc(-c3nn[nH]n3)cc2)s1. The van der Waals surface area contributed by atoms with Crippen molar-refractivity contribution in [3.05, 3.63) is 51.7 Å². The summed E-state index contributed by atoms with van der Waals surface area (Å²) in [4.78, 5) is 13.8. The third-order valence-corrected chi connectivity index (χ3v) is 3.97.